The van der Waals surface area contributed by atoms with Crippen LogP contribution in [0.2, 0.25) is 0 Å². The van der Waals surface area contributed by atoms with Gasteiger partial charge >= 0.3 is 0 Å². The largest absolute Gasteiger partial charge is 0.493 e. The highest BCUT2D eigenvalue weighted by Crippen LogP contribution is 2.30. The van der Waals surface area contributed by atoms with Crippen LogP contribution in [0.25, 0.3) is 0 Å². The molecule has 1 unspecified atom stereocenters. The van der Waals surface area contributed by atoms with E-state index >= 15 is 0 Å². The van der Waals surface area contributed by atoms with Crippen LogP contribution in [0.3, 0.4) is 0 Å². The Morgan fingerprint density at radius 3 is 2.35 bits per heavy atom. The quantitative estimate of drug-likeness (QED) is 0.801. The van der Waals surface area contributed by atoms with E-state index in [1.165, 1.54) is 0 Å². The van der Waals surface area contributed by atoms with Crippen molar-refractivity contribution >= 4 is 28.5 Å². The van der Waals surface area contributed by atoms with Gasteiger partial charge in [-0.1, -0.05) is 6.07 Å². The van der Waals surface area contributed by atoms with Crippen LogP contribution in [0.5, 0.6) is 11.5 Å². The Morgan fingerprint density at radius 1 is 1.10 bits per heavy atom. The molecule has 1 aromatic carbocycles. The Morgan fingerprint density at radius 2 is 1.75 bits per heavy atom. The number of hydrogen-bond acceptors (Lipinski definition) is 5. The van der Waals surface area contributed by atoms with Crippen molar-refractivity contribution in [1.82, 2.24) is 9.97 Å². The standard InChI is InChI=1S/C14H16IN3O2/c1-9(18-14-16-7-11(15)8-17-14)10-4-5-12(19-2)13(6-10)20-3/h4-9H,1-3H3,(H,16,17,18). The molecule has 0 amide bonds. The van der Waals surface area contributed by atoms with Crippen molar-refractivity contribution in [2.24, 2.45) is 0 Å². The third-order valence-electron chi connectivity index (χ3n) is 2.87. The summed E-state index contributed by atoms with van der Waals surface area (Å²) < 4.78 is 11.5. The smallest absolute Gasteiger partial charge is 0.223 e. The Kier molecular flexibility index (Phi) is 4.99. The van der Waals surface area contributed by atoms with E-state index in [2.05, 4.69) is 37.9 Å². The first-order chi connectivity index (χ1) is 9.63. The predicted molar refractivity (Wildman–Crippen MR) is 86.3 cm³/mol. The van der Waals surface area contributed by atoms with E-state index < -0.39 is 0 Å². The van der Waals surface area contributed by atoms with Gasteiger partial charge in [0.15, 0.2) is 11.5 Å². The van der Waals surface area contributed by atoms with Gasteiger partial charge in [-0.05, 0) is 47.2 Å². The van der Waals surface area contributed by atoms with Crippen LogP contribution >= 0.6 is 22.6 Å². The molecule has 1 heterocycles. The van der Waals surface area contributed by atoms with Gasteiger partial charge in [-0.15, -0.1) is 0 Å². The summed E-state index contributed by atoms with van der Waals surface area (Å²) in [4.78, 5) is 8.47. The van der Waals surface area contributed by atoms with Crippen LogP contribution in [0.1, 0.15) is 18.5 Å². The van der Waals surface area contributed by atoms with Crippen molar-refractivity contribution in [3.05, 3.63) is 39.7 Å². The molecular formula is C14H16IN3O2. The van der Waals surface area contributed by atoms with Crippen LogP contribution < -0.4 is 14.8 Å². The molecule has 1 atom stereocenters. The fourth-order valence-electron chi connectivity index (χ4n) is 1.79. The Balaban J connectivity index is 2.16. The van der Waals surface area contributed by atoms with E-state index in [0.717, 1.165) is 9.13 Å². The van der Waals surface area contributed by atoms with Crippen LogP contribution in [-0.4, -0.2) is 24.2 Å². The van der Waals surface area contributed by atoms with Crippen molar-refractivity contribution in [1.29, 1.82) is 0 Å². The zero-order chi connectivity index (χ0) is 14.5. The van der Waals surface area contributed by atoms with E-state index in [-0.39, 0.29) is 6.04 Å². The minimum absolute atomic E-state index is 0.0647. The first kappa shape index (κ1) is 14.8. The molecule has 1 N–H and O–H groups in total. The maximum atomic E-state index is 5.31. The van der Waals surface area contributed by atoms with Gasteiger partial charge in [0, 0.05) is 16.0 Å². The predicted octanol–water partition coefficient (Wildman–Crippen LogP) is 3.27. The number of anilines is 1. The fourth-order valence-corrected chi connectivity index (χ4v) is 2.06. The average Bonchev–Trinajstić information content (AvgIpc) is 2.48. The zero-order valence-corrected chi connectivity index (χ0v) is 13.7. The van der Waals surface area contributed by atoms with Crippen LogP contribution in [0.4, 0.5) is 5.95 Å². The van der Waals surface area contributed by atoms with E-state index in [4.69, 9.17) is 9.47 Å². The van der Waals surface area contributed by atoms with Crippen LogP contribution in [0.15, 0.2) is 30.6 Å². The van der Waals surface area contributed by atoms with E-state index in [0.29, 0.717) is 17.4 Å². The zero-order valence-electron chi connectivity index (χ0n) is 11.6. The minimum atomic E-state index is 0.0647. The number of halogens is 1. The molecule has 6 heteroatoms. The summed E-state index contributed by atoms with van der Waals surface area (Å²) in [6.45, 7) is 2.04. The molecular weight excluding hydrogens is 369 g/mol. The van der Waals surface area contributed by atoms with Crippen molar-refractivity contribution < 1.29 is 9.47 Å². The number of methoxy groups -OCH3 is 2. The molecule has 2 aromatic rings. The molecule has 0 radical (unpaired) electrons. The minimum Gasteiger partial charge on any atom is -0.493 e. The summed E-state index contributed by atoms with van der Waals surface area (Å²) in [5, 5.41) is 3.25. The van der Waals surface area contributed by atoms with E-state index in [1.807, 2.05) is 25.1 Å². The number of benzene rings is 1. The molecule has 5 nitrogen and oxygen atoms in total. The molecule has 0 spiro atoms. The summed E-state index contributed by atoms with van der Waals surface area (Å²) in [5.41, 5.74) is 1.07. The summed E-state index contributed by atoms with van der Waals surface area (Å²) >= 11 is 2.18. The lowest BCUT2D eigenvalue weighted by molar-refractivity contribution is 0.354. The monoisotopic (exact) mass is 385 g/mol. The lowest BCUT2D eigenvalue weighted by Crippen LogP contribution is -2.09. The maximum Gasteiger partial charge on any atom is 0.223 e. The van der Waals surface area contributed by atoms with Crippen LogP contribution in [0, 0.1) is 3.57 Å². The lowest BCUT2D eigenvalue weighted by atomic mass is 10.1. The third-order valence-corrected chi connectivity index (χ3v) is 3.43. The Hall–Kier alpha value is -1.57. The van der Waals surface area contributed by atoms with Gasteiger partial charge in [0.05, 0.1) is 20.3 Å². The van der Waals surface area contributed by atoms with Crippen molar-refractivity contribution in [3.63, 3.8) is 0 Å². The number of nitrogens with zero attached hydrogens (tertiary/aromatic N) is 2. The average molecular weight is 385 g/mol. The van der Waals surface area contributed by atoms with Gasteiger partial charge in [-0.25, -0.2) is 9.97 Å². The number of aromatic nitrogens is 2. The van der Waals surface area contributed by atoms with Gasteiger partial charge in [-0.2, -0.15) is 0 Å². The summed E-state index contributed by atoms with van der Waals surface area (Å²) in [7, 11) is 3.25. The Bertz CT molecular complexity index is 575. The normalized spacial score (nSPS) is 11.8. The SMILES string of the molecule is COc1ccc(C(C)Nc2ncc(I)cn2)cc1OC. The molecule has 0 saturated carbocycles. The number of ether oxygens (including phenoxy) is 2. The molecule has 0 aliphatic carbocycles. The van der Waals surface area contributed by atoms with E-state index in [9.17, 15) is 0 Å². The lowest BCUT2D eigenvalue weighted by Gasteiger charge is -2.16. The maximum absolute atomic E-state index is 5.31. The topological polar surface area (TPSA) is 56.3 Å². The van der Waals surface area contributed by atoms with Gasteiger partial charge in [0.25, 0.3) is 0 Å². The van der Waals surface area contributed by atoms with Gasteiger partial charge < -0.3 is 14.8 Å². The molecule has 106 valence electrons. The Labute approximate surface area is 131 Å². The number of nitrogens with one attached hydrogen (secondary N) is 1. The molecule has 0 saturated heterocycles. The van der Waals surface area contributed by atoms with Crippen molar-refractivity contribution in [3.8, 4) is 11.5 Å². The van der Waals surface area contributed by atoms with Crippen molar-refractivity contribution in [2.45, 2.75) is 13.0 Å². The fraction of sp³-hybridized carbons (Fsp3) is 0.286. The number of hydrogen-bond donors (Lipinski definition) is 1. The molecule has 0 bridgehead atoms. The highest BCUT2D eigenvalue weighted by atomic mass is 127. The van der Waals surface area contributed by atoms with Crippen LogP contribution in [-0.2, 0) is 0 Å². The number of rotatable bonds is 5. The molecule has 0 aliphatic heterocycles. The van der Waals surface area contributed by atoms with Gasteiger partial charge in [-0.3, -0.25) is 0 Å². The molecule has 1 aromatic heterocycles. The molecule has 2 rings (SSSR count). The molecule has 0 fully saturated rings. The second-order valence-corrected chi connectivity index (χ2v) is 5.45. The van der Waals surface area contributed by atoms with E-state index in [1.54, 1.807) is 26.6 Å². The highest BCUT2D eigenvalue weighted by molar-refractivity contribution is 14.1. The third kappa shape index (κ3) is 3.50. The first-order valence-corrected chi connectivity index (χ1v) is 7.18. The highest BCUT2D eigenvalue weighted by Gasteiger charge is 2.11. The second-order valence-electron chi connectivity index (χ2n) is 4.21. The molecule has 20 heavy (non-hydrogen) atoms. The summed E-state index contributed by atoms with van der Waals surface area (Å²) in [5.74, 6) is 2.03. The first-order valence-electron chi connectivity index (χ1n) is 6.10. The molecule has 0 aliphatic rings. The summed E-state index contributed by atoms with van der Waals surface area (Å²) in [6.07, 6.45) is 3.55. The van der Waals surface area contributed by atoms with Crippen molar-refractivity contribution in [2.75, 3.05) is 19.5 Å². The van der Waals surface area contributed by atoms with Gasteiger partial charge in [0.2, 0.25) is 5.95 Å². The second kappa shape index (κ2) is 6.74. The van der Waals surface area contributed by atoms with Gasteiger partial charge in [0.1, 0.15) is 0 Å². The summed E-state index contributed by atoms with van der Waals surface area (Å²) in [6, 6.07) is 5.89.